The highest BCUT2D eigenvalue weighted by atomic mass is 35.5. The molecular formula is C42H37ClF8N6O5S2. The van der Waals surface area contributed by atoms with Crippen molar-refractivity contribution >= 4 is 48.1 Å². The summed E-state index contributed by atoms with van der Waals surface area (Å²) < 4.78 is 168. The van der Waals surface area contributed by atoms with Gasteiger partial charge < -0.3 is 5.32 Å². The Kier molecular flexibility index (Phi) is 11.5. The molecule has 2 fully saturated rings. The molecule has 2 aromatic carbocycles. The quantitative estimate of drug-likeness (QED) is 0.0872. The second-order valence-electron chi connectivity index (χ2n) is 16.8. The van der Waals surface area contributed by atoms with Crippen molar-refractivity contribution in [2.24, 2.45) is 5.92 Å². The maximum Gasteiger partial charge on any atom is 0.293 e. The van der Waals surface area contributed by atoms with Crippen molar-refractivity contribution in [3.05, 3.63) is 98.7 Å². The number of fused-ring (bicyclic) bond motifs is 4. The Morgan fingerprint density at radius 3 is 2.27 bits per heavy atom. The number of carbonyl (C=O) groups is 1. The van der Waals surface area contributed by atoms with Gasteiger partial charge in [-0.1, -0.05) is 23.6 Å². The number of halogens is 9. The van der Waals surface area contributed by atoms with E-state index in [1.54, 1.807) is 0 Å². The van der Waals surface area contributed by atoms with Crippen molar-refractivity contribution in [3.8, 4) is 23.0 Å². The van der Waals surface area contributed by atoms with Crippen LogP contribution < -0.4 is 5.32 Å². The van der Waals surface area contributed by atoms with Gasteiger partial charge in [-0.2, -0.15) is 19.0 Å². The minimum atomic E-state index is -3.83. The average Bonchev–Trinajstić information content (AvgIpc) is 4.10. The fourth-order valence-electron chi connectivity index (χ4n) is 8.44. The van der Waals surface area contributed by atoms with Crippen LogP contribution in [0.15, 0.2) is 42.5 Å². The van der Waals surface area contributed by atoms with Gasteiger partial charge in [0.25, 0.3) is 18.8 Å². The third-order valence-corrected chi connectivity index (χ3v) is 15.5. The predicted octanol–water partition coefficient (Wildman–Crippen LogP) is 7.99. The third kappa shape index (κ3) is 8.60. The first-order valence-electron chi connectivity index (χ1n) is 19.8. The second-order valence-corrected chi connectivity index (χ2v) is 22.1. The Bertz CT molecular complexity index is 3010. The molecule has 8 rings (SSSR count). The van der Waals surface area contributed by atoms with Crippen LogP contribution in [-0.2, 0) is 55.7 Å². The molecule has 0 bridgehead atoms. The summed E-state index contributed by atoms with van der Waals surface area (Å²) in [5, 5.41) is 9.84. The SMILES string of the molecule is CC(C)(C#Cc1ccc(-c2ccc(Cl)c3c(CS(C)(=O)=O)nn(CC(F)F)c23)c([C@H](Cc2cc(F)cc(F)c2)NC(=O)Cn2nc(C(F)F)c3c2C(F)(F)[C@@H]2C[C@H]32)n1)S(=O)(=O)C1CC1. The van der Waals surface area contributed by atoms with Crippen LogP contribution in [0.1, 0.15) is 91.1 Å². The van der Waals surface area contributed by atoms with Gasteiger partial charge in [-0.05, 0) is 87.3 Å². The highest BCUT2D eigenvalue weighted by Crippen LogP contribution is 2.68. The maximum absolute atomic E-state index is 15.5. The lowest BCUT2D eigenvalue weighted by Gasteiger charge is -2.23. The largest absolute Gasteiger partial charge is 0.346 e. The monoisotopic (exact) mass is 956 g/mol. The van der Waals surface area contributed by atoms with Crippen molar-refractivity contribution in [3.63, 3.8) is 0 Å². The van der Waals surface area contributed by atoms with Crippen LogP contribution in [0.5, 0.6) is 0 Å². The summed E-state index contributed by atoms with van der Waals surface area (Å²) in [5.74, 6) is -4.05. The van der Waals surface area contributed by atoms with E-state index in [9.17, 15) is 48.0 Å². The summed E-state index contributed by atoms with van der Waals surface area (Å²) in [6, 6.07) is 6.40. The van der Waals surface area contributed by atoms with Crippen LogP contribution in [0.4, 0.5) is 35.1 Å². The normalized spacial score (nSPS) is 18.5. The van der Waals surface area contributed by atoms with Crippen molar-refractivity contribution in [1.82, 2.24) is 29.9 Å². The smallest absolute Gasteiger partial charge is 0.293 e. The van der Waals surface area contributed by atoms with Crippen molar-refractivity contribution in [2.75, 3.05) is 6.26 Å². The van der Waals surface area contributed by atoms with Gasteiger partial charge in [-0.25, -0.2) is 48.2 Å². The fraction of sp³-hybridized carbons (Fsp3) is 0.429. The molecule has 340 valence electrons. The van der Waals surface area contributed by atoms with E-state index >= 15 is 8.78 Å². The number of amides is 1. The van der Waals surface area contributed by atoms with Crippen LogP contribution >= 0.6 is 11.6 Å². The highest BCUT2D eigenvalue weighted by molar-refractivity contribution is 7.93. The molecule has 11 nitrogen and oxygen atoms in total. The second kappa shape index (κ2) is 16.1. The Balaban J connectivity index is 1.31. The minimum absolute atomic E-state index is 0.0205. The molecule has 1 amide bonds. The Labute approximate surface area is 366 Å². The van der Waals surface area contributed by atoms with E-state index in [2.05, 4.69) is 32.3 Å². The van der Waals surface area contributed by atoms with Crippen LogP contribution in [-0.4, -0.2) is 70.0 Å². The number of benzene rings is 2. The number of alkyl halides is 6. The first-order chi connectivity index (χ1) is 29.9. The van der Waals surface area contributed by atoms with Gasteiger partial charge in [0.2, 0.25) is 5.91 Å². The van der Waals surface area contributed by atoms with Gasteiger partial charge in [-0.3, -0.25) is 14.2 Å². The van der Waals surface area contributed by atoms with Crippen LogP contribution in [0, 0.1) is 29.4 Å². The molecule has 1 N–H and O–H groups in total. The van der Waals surface area contributed by atoms with E-state index in [1.165, 1.54) is 38.1 Å². The summed E-state index contributed by atoms with van der Waals surface area (Å²) >= 11 is 6.60. The number of pyridine rings is 1. The molecule has 64 heavy (non-hydrogen) atoms. The minimum Gasteiger partial charge on any atom is -0.346 e. The number of aromatic nitrogens is 5. The fourth-order valence-corrected chi connectivity index (χ4v) is 11.2. The first kappa shape index (κ1) is 45.5. The molecule has 2 saturated carbocycles. The molecule has 0 unspecified atom stereocenters. The van der Waals surface area contributed by atoms with E-state index in [0.717, 1.165) is 23.1 Å². The molecule has 3 heterocycles. The number of carbonyl (C=O) groups excluding carboxylic acids is 1. The summed E-state index contributed by atoms with van der Waals surface area (Å²) in [7, 11) is -7.57. The van der Waals surface area contributed by atoms with Crippen LogP contribution in [0.25, 0.3) is 22.0 Å². The molecule has 0 aliphatic heterocycles. The lowest BCUT2D eigenvalue weighted by Crippen LogP contribution is -2.35. The Morgan fingerprint density at radius 1 is 0.969 bits per heavy atom. The van der Waals surface area contributed by atoms with E-state index in [-0.39, 0.29) is 61.7 Å². The molecular weight excluding hydrogens is 920 g/mol. The Hall–Kier alpha value is -5.07. The lowest BCUT2D eigenvalue weighted by molar-refractivity contribution is -0.123. The molecule has 22 heteroatoms. The van der Waals surface area contributed by atoms with E-state index in [1.807, 2.05) is 0 Å². The zero-order chi connectivity index (χ0) is 46.4. The molecule has 0 radical (unpaired) electrons. The van der Waals surface area contributed by atoms with Gasteiger partial charge >= 0.3 is 0 Å². The van der Waals surface area contributed by atoms with Crippen molar-refractivity contribution in [2.45, 2.75) is 99.1 Å². The molecule has 5 aromatic rings. The number of sulfone groups is 2. The predicted molar refractivity (Wildman–Crippen MR) is 218 cm³/mol. The third-order valence-electron chi connectivity index (χ3n) is 11.5. The summed E-state index contributed by atoms with van der Waals surface area (Å²) in [4.78, 5) is 18.8. The molecule has 3 atom stereocenters. The van der Waals surface area contributed by atoms with Gasteiger partial charge in [0.1, 0.15) is 46.6 Å². The average molecular weight is 957 g/mol. The number of rotatable bonds is 14. The maximum atomic E-state index is 15.5. The highest BCUT2D eigenvalue weighted by Gasteiger charge is 2.67. The Morgan fingerprint density at radius 2 is 1.64 bits per heavy atom. The summed E-state index contributed by atoms with van der Waals surface area (Å²) in [6.07, 6.45) is -4.97. The standard InChI is InChI=1S/C42H37ClF8N6O5S2/c1-41(2,64(61,62)24-5-6-24)11-10-23-4-7-25(26-8-9-29(43)35-31(19-63(3,59)60)54-56(38(26)35)17-32(46)47)36(52-23)30(14-20-12-21(44)15-22(45)13-20)53-33(58)18-57-39-34(37(55-57)40(48)49)27-16-28(27)42(39,50)51/h4,7-9,12-13,15,24,27-28,30,32,40H,5-6,14,16-19H2,1-3H3,(H,53,58)/t27-,28+,30-/m0/s1. The summed E-state index contributed by atoms with van der Waals surface area (Å²) in [5.41, 5.74) is -2.61. The van der Waals surface area contributed by atoms with Crippen molar-refractivity contribution in [1.29, 1.82) is 0 Å². The van der Waals surface area contributed by atoms with Gasteiger partial charge in [0.05, 0.1) is 39.0 Å². The first-order valence-corrected chi connectivity index (χ1v) is 23.8. The van der Waals surface area contributed by atoms with E-state index in [0.29, 0.717) is 23.6 Å². The van der Waals surface area contributed by atoms with Crippen molar-refractivity contribution < 1.29 is 56.8 Å². The van der Waals surface area contributed by atoms with Gasteiger partial charge in [-0.15, -0.1) is 0 Å². The molecule has 0 spiro atoms. The zero-order valence-corrected chi connectivity index (χ0v) is 36.3. The number of hydrogen-bond donors (Lipinski definition) is 1. The molecule has 3 aromatic heterocycles. The van der Waals surface area contributed by atoms with Gasteiger partial charge in [0, 0.05) is 40.3 Å². The number of hydrogen-bond acceptors (Lipinski definition) is 8. The molecule has 3 aliphatic rings. The topological polar surface area (TPSA) is 146 Å². The lowest BCUT2D eigenvalue weighted by atomic mass is 9.93. The summed E-state index contributed by atoms with van der Waals surface area (Å²) in [6.45, 7) is 0.743. The zero-order valence-electron chi connectivity index (χ0n) is 34.0. The van der Waals surface area contributed by atoms with E-state index in [4.69, 9.17) is 11.6 Å². The van der Waals surface area contributed by atoms with Crippen LogP contribution in [0.2, 0.25) is 5.02 Å². The van der Waals surface area contributed by atoms with Gasteiger partial charge in [0.15, 0.2) is 19.7 Å². The molecule has 3 aliphatic carbocycles. The van der Waals surface area contributed by atoms with E-state index < -0.39 is 121 Å². The number of nitrogens with one attached hydrogen (secondary N) is 1. The van der Waals surface area contributed by atoms with Crippen LogP contribution in [0.3, 0.4) is 0 Å². The molecule has 0 saturated heterocycles. The number of nitrogens with zero attached hydrogens (tertiary/aromatic N) is 5.